The molecule has 0 aromatic heterocycles. The number of amides is 1. The fourth-order valence-electron chi connectivity index (χ4n) is 1.06. The van der Waals surface area contributed by atoms with Crippen LogP contribution in [-0.2, 0) is 11.2 Å². The van der Waals surface area contributed by atoms with Crippen molar-refractivity contribution in [2.45, 2.75) is 6.42 Å². The maximum atomic E-state index is 12.7. The Labute approximate surface area is 74.4 Å². The van der Waals surface area contributed by atoms with Crippen LogP contribution in [0.2, 0.25) is 0 Å². The molecule has 0 aliphatic heterocycles. The van der Waals surface area contributed by atoms with Crippen LogP contribution in [0.1, 0.15) is 15.9 Å². The Balaban J connectivity index is 3.17. The van der Waals surface area contributed by atoms with Crippen LogP contribution >= 0.6 is 0 Å². The smallest absolute Gasteiger partial charge is 0.248 e. The zero-order chi connectivity index (χ0) is 9.84. The van der Waals surface area contributed by atoms with E-state index in [4.69, 9.17) is 5.73 Å². The van der Waals surface area contributed by atoms with Crippen LogP contribution in [0.25, 0.3) is 0 Å². The van der Waals surface area contributed by atoms with Gasteiger partial charge in [-0.05, 0) is 23.8 Å². The predicted octanol–water partition coefficient (Wildman–Crippen LogP) is 0.666. The number of hydrogen-bond donors (Lipinski definition) is 1. The summed E-state index contributed by atoms with van der Waals surface area (Å²) in [5, 5.41) is 0. The lowest BCUT2D eigenvalue weighted by molar-refractivity contribution is -0.107. The minimum absolute atomic E-state index is 0.00394. The van der Waals surface area contributed by atoms with Gasteiger partial charge in [0.1, 0.15) is 12.1 Å². The summed E-state index contributed by atoms with van der Waals surface area (Å²) in [5.74, 6) is -1.14. The molecule has 2 N–H and O–H groups in total. The van der Waals surface area contributed by atoms with Gasteiger partial charge in [-0.1, -0.05) is 0 Å². The van der Waals surface area contributed by atoms with Gasteiger partial charge in [0.15, 0.2) is 0 Å². The number of nitrogens with two attached hydrogens (primary N) is 1. The number of hydrogen-bond acceptors (Lipinski definition) is 2. The zero-order valence-corrected chi connectivity index (χ0v) is 6.79. The van der Waals surface area contributed by atoms with Crippen LogP contribution in [0, 0.1) is 5.82 Å². The van der Waals surface area contributed by atoms with E-state index in [2.05, 4.69) is 0 Å². The second-order valence-corrected chi connectivity index (χ2v) is 2.54. The van der Waals surface area contributed by atoms with Crippen LogP contribution in [0.15, 0.2) is 18.2 Å². The first kappa shape index (κ1) is 9.38. The first-order chi connectivity index (χ1) is 6.15. The average molecular weight is 181 g/mol. The molecule has 13 heavy (non-hydrogen) atoms. The Morgan fingerprint density at radius 1 is 1.54 bits per heavy atom. The molecule has 0 aliphatic carbocycles. The molecule has 0 saturated carbocycles. The SMILES string of the molecule is NC(=O)c1ccc(F)cc1CC=O. The van der Waals surface area contributed by atoms with E-state index >= 15 is 0 Å². The minimum Gasteiger partial charge on any atom is -0.366 e. The third-order valence-corrected chi connectivity index (χ3v) is 1.64. The Bertz CT molecular complexity index is 349. The normalized spacial score (nSPS) is 9.62. The Morgan fingerprint density at radius 2 is 2.23 bits per heavy atom. The molecule has 0 bridgehead atoms. The number of aldehydes is 1. The Morgan fingerprint density at radius 3 is 2.77 bits per heavy atom. The Hall–Kier alpha value is -1.71. The maximum absolute atomic E-state index is 12.7. The summed E-state index contributed by atoms with van der Waals surface area (Å²) in [6.45, 7) is 0. The van der Waals surface area contributed by atoms with Crippen LogP contribution in [0.5, 0.6) is 0 Å². The van der Waals surface area contributed by atoms with Crippen molar-refractivity contribution in [3.05, 3.63) is 35.1 Å². The summed E-state index contributed by atoms with van der Waals surface area (Å²) >= 11 is 0. The second-order valence-electron chi connectivity index (χ2n) is 2.54. The molecule has 3 nitrogen and oxygen atoms in total. The summed E-state index contributed by atoms with van der Waals surface area (Å²) in [6.07, 6.45) is 0.594. The third kappa shape index (κ3) is 2.11. The lowest BCUT2D eigenvalue weighted by atomic mass is 10.0. The van der Waals surface area contributed by atoms with Crippen LogP contribution in [-0.4, -0.2) is 12.2 Å². The zero-order valence-electron chi connectivity index (χ0n) is 6.79. The lowest BCUT2D eigenvalue weighted by Gasteiger charge is -2.02. The molecule has 0 unspecified atom stereocenters. The first-order valence-corrected chi connectivity index (χ1v) is 3.67. The predicted molar refractivity (Wildman–Crippen MR) is 44.7 cm³/mol. The van der Waals surface area contributed by atoms with E-state index < -0.39 is 11.7 Å². The van der Waals surface area contributed by atoms with Crippen molar-refractivity contribution < 1.29 is 14.0 Å². The topological polar surface area (TPSA) is 60.2 Å². The molecule has 0 fully saturated rings. The highest BCUT2D eigenvalue weighted by Crippen LogP contribution is 2.10. The summed E-state index contributed by atoms with van der Waals surface area (Å²) in [7, 11) is 0. The molecule has 0 saturated heterocycles. The van der Waals surface area contributed by atoms with Gasteiger partial charge in [-0.2, -0.15) is 0 Å². The quantitative estimate of drug-likeness (QED) is 0.696. The number of rotatable bonds is 3. The highest BCUT2D eigenvalue weighted by Gasteiger charge is 2.08. The molecule has 0 atom stereocenters. The summed E-state index contributed by atoms with van der Waals surface area (Å²) in [6, 6.07) is 3.54. The van der Waals surface area contributed by atoms with Gasteiger partial charge in [-0.25, -0.2) is 4.39 Å². The second kappa shape index (κ2) is 3.80. The van der Waals surface area contributed by atoms with E-state index in [9.17, 15) is 14.0 Å². The van der Waals surface area contributed by atoms with Gasteiger partial charge >= 0.3 is 0 Å². The van der Waals surface area contributed by atoms with E-state index in [1.54, 1.807) is 0 Å². The monoisotopic (exact) mass is 181 g/mol. The largest absolute Gasteiger partial charge is 0.366 e. The number of carbonyl (C=O) groups excluding carboxylic acids is 2. The van der Waals surface area contributed by atoms with Crippen molar-refractivity contribution in [2.75, 3.05) is 0 Å². The molecule has 0 radical (unpaired) electrons. The van der Waals surface area contributed by atoms with E-state index in [1.165, 1.54) is 6.07 Å². The summed E-state index contributed by atoms with van der Waals surface area (Å²) < 4.78 is 12.7. The van der Waals surface area contributed by atoms with Gasteiger partial charge in [0.25, 0.3) is 0 Å². The van der Waals surface area contributed by atoms with Gasteiger partial charge in [0, 0.05) is 12.0 Å². The van der Waals surface area contributed by atoms with Crippen LogP contribution in [0.3, 0.4) is 0 Å². The third-order valence-electron chi connectivity index (χ3n) is 1.64. The van der Waals surface area contributed by atoms with E-state index in [0.717, 1.165) is 12.1 Å². The fourth-order valence-corrected chi connectivity index (χ4v) is 1.06. The minimum atomic E-state index is -0.656. The molecule has 0 aliphatic rings. The molecule has 1 aromatic rings. The highest BCUT2D eigenvalue weighted by atomic mass is 19.1. The molecular weight excluding hydrogens is 173 g/mol. The highest BCUT2D eigenvalue weighted by molar-refractivity contribution is 5.94. The van der Waals surface area contributed by atoms with Crippen molar-refractivity contribution in [3.63, 3.8) is 0 Å². The number of primary amides is 1. The molecule has 1 rings (SSSR count). The Kier molecular flexibility index (Phi) is 2.74. The molecule has 4 heteroatoms. The molecule has 1 amide bonds. The standard InChI is InChI=1S/C9H8FNO2/c10-7-1-2-8(9(11)13)6(5-7)3-4-12/h1-2,4-5H,3H2,(H2,11,13). The molecule has 68 valence electrons. The first-order valence-electron chi connectivity index (χ1n) is 3.67. The lowest BCUT2D eigenvalue weighted by Crippen LogP contribution is -2.14. The van der Waals surface area contributed by atoms with Crippen molar-refractivity contribution in [1.29, 1.82) is 0 Å². The van der Waals surface area contributed by atoms with Crippen molar-refractivity contribution >= 4 is 12.2 Å². The number of halogens is 1. The molecular formula is C9H8FNO2. The van der Waals surface area contributed by atoms with Crippen molar-refractivity contribution in [2.24, 2.45) is 5.73 Å². The van der Waals surface area contributed by atoms with E-state index in [1.807, 2.05) is 0 Å². The van der Waals surface area contributed by atoms with Gasteiger partial charge in [0.2, 0.25) is 5.91 Å². The van der Waals surface area contributed by atoms with E-state index in [0.29, 0.717) is 11.8 Å². The average Bonchev–Trinajstić information content (AvgIpc) is 2.04. The molecule has 0 heterocycles. The summed E-state index contributed by atoms with van der Waals surface area (Å²) in [4.78, 5) is 21.0. The van der Waals surface area contributed by atoms with Gasteiger partial charge < -0.3 is 10.5 Å². The van der Waals surface area contributed by atoms with Crippen LogP contribution in [0.4, 0.5) is 4.39 Å². The van der Waals surface area contributed by atoms with Gasteiger partial charge in [-0.3, -0.25) is 4.79 Å². The number of carbonyl (C=O) groups is 2. The van der Waals surface area contributed by atoms with E-state index in [-0.39, 0.29) is 12.0 Å². The molecule has 1 aromatic carbocycles. The van der Waals surface area contributed by atoms with Crippen LogP contribution < -0.4 is 5.73 Å². The van der Waals surface area contributed by atoms with Crippen molar-refractivity contribution in [1.82, 2.24) is 0 Å². The van der Waals surface area contributed by atoms with Crippen molar-refractivity contribution in [3.8, 4) is 0 Å². The van der Waals surface area contributed by atoms with Gasteiger partial charge in [0.05, 0.1) is 0 Å². The fraction of sp³-hybridized carbons (Fsp3) is 0.111. The maximum Gasteiger partial charge on any atom is 0.248 e. The van der Waals surface area contributed by atoms with Gasteiger partial charge in [-0.15, -0.1) is 0 Å². The number of benzene rings is 1. The molecule has 0 spiro atoms. The summed E-state index contributed by atoms with van der Waals surface area (Å²) in [5.41, 5.74) is 5.53.